The Morgan fingerprint density at radius 1 is 0.872 bits per heavy atom. The zero-order chi connectivity index (χ0) is 27.5. The molecule has 0 saturated heterocycles. The van der Waals surface area contributed by atoms with Crippen LogP contribution in [0.4, 0.5) is 21.9 Å². The molecule has 0 saturated carbocycles. The van der Waals surface area contributed by atoms with Crippen LogP contribution in [-0.2, 0) is 0 Å². The Kier molecular flexibility index (Phi) is 7.37. The van der Waals surface area contributed by atoms with E-state index in [0.717, 1.165) is 33.8 Å². The van der Waals surface area contributed by atoms with E-state index in [4.69, 9.17) is 4.74 Å². The first kappa shape index (κ1) is 26.0. The Hall–Kier alpha value is -4.58. The molecule has 198 valence electrons. The van der Waals surface area contributed by atoms with Gasteiger partial charge < -0.3 is 15.0 Å². The van der Waals surface area contributed by atoms with Crippen molar-refractivity contribution in [3.63, 3.8) is 0 Å². The van der Waals surface area contributed by atoms with Crippen molar-refractivity contribution >= 4 is 29.0 Å². The maximum Gasteiger partial charge on any atom is 0.326 e. The first-order chi connectivity index (χ1) is 18.9. The molecule has 0 aromatic heterocycles. The molecule has 1 N–H and O–H groups in total. The number of para-hydroxylation sites is 1. The van der Waals surface area contributed by atoms with Gasteiger partial charge >= 0.3 is 6.03 Å². The number of hydrogen-bond acceptors (Lipinski definition) is 3. The summed E-state index contributed by atoms with van der Waals surface area (Å²) < 4.78 is 5.27. The van der Waals surface area contributed by atoms with Crippen LogP contribution < -0.4 is 19.9 Å². The van der Waals surface area contributed by atoms with Crippen molar-refractivity contribution in [2.45, 2.75) is 39.3 Å². The Morgan fingerprint density at radius 3 is 2.21 bits per heavy atom. The Bertz CT molecular complexity index is 1470. The standard InChI is InChI=1S/C33H33N3O3/c1-22-10-15-27(16-11-22)36(33(38)34-26-8-6-5-7-9-26)31-21-24(3)35(30-19-12-23(2)20-29(30)31)32(37)25-13-17-28(39-4)18-14-25/h5-20,24,31H,21H2,1-4H3,(H,34,38)/t24-,31-/m0/s1. The number of nitrogens with one attached hydrogen (secondary N) is 1. The number of anilines is 3. The quantitative estimate of drug-likeness (QED) is 0.296. The van der Waals surface area contributed by atoms with E-state index in [0.29, 0.717) is 17.7 Å². The number of ether oxygens (including phenoxy) is 1. The average molecular weight is 520 g/mol. The normalized spacial score (nSPS) is 16.3. The van der Waals surface area contributed by atoms with Crippen LogP contribution in [0.5, 0.6) is 5.75 Å². The van der Waals surface area contributed by atoms with Crippen molar-refractivity contribution in [1.29, 1.82) is 0 Å². The first-order valence-electron chi connectivity index (χ1n) is 13.2. The number of benzene rings is 4. The van der Waals surface area contributed by atoms with Gasteiger partial charge in [-0.15, -0.1) is 0 Å². The van der Waals surface area contributed by atoms with Crippen molar-refractivity contribution in [2.24, 2.45) is 0 Å². The number of hydrogen-bond donors (Lipinski definition) is 1. The molecule has 1 heterocycles. The third-order valence-electron chi connectivity index (χ3n) is 7.23. The monoisotopic (exact) mass is 519 g/mol. The van der Waals surface area contributed by atoms with Crippen LogP contribution in [0, 0.1) is 13.8 Å². The molecule has 0 spiro atoms. The summed E-state index contributed by atoms with van der Waals surface area (Å²) in [5.74, 6) is 0.622. The number of methoxy groups -OCH3 is 1. The van der Waals surface area contributed by atoms with Crippen molar-refractivity contribution in [2.75, 3.05) is 22.2 Å². The summed E-state index contributed by atoms with van der Waals surface area (Å²) in [5, 5.41) is 3.08. The second-order valence-corrected chi connectivity index (χ2v) is 10.1. The van der Waals surface area contributed by atoms with Gasteiger partial charge in [0, 0.05) is 28.7 Å². The molecule has 0 bridgehead atoms. The molecule has 39 heavy (non-hydrogen) atoms. The number of carbonyl (C=O) groups excluding carboxylic acids is 2. The smallest absolute Gasteiger partial charge is 0.326 e. The van der Waals surface area contributed by atoms with Gasteiger partial charge in [0.15, 0.2) is 0 Å². The summed E-state index contributed by atoms with van der Waals surface area (Å²) in [4.78, 5) is 31.4. The van der Waals surface area contributed by atoms with Crippen molar-refractivity contribution in [3.8, 4) is 5.75 Å². The minimum Gasteiger partial charge on any atom is -0.497 e. The third-order valence-corrected chi connectivity index (χ3v) is 7.23. The largest absolute Gasteiger partial charge is 0.497 e. The predicted molar refractivity (Wildman–Crippen MR) is 157 cm³/mol. The lowest BCUT2D eigenvalue weighted by Gasteiger charge is -2.43. The van der Waals surface area contributed by atoms with E-state index in [1.54, 1.807) is 31.4 Å². The number of rotatable bonds is 5. The topological polar surface area (TPSA) is 61.9 Å². The van der Waals surface area contributed by atoms with Crippen molar-refractivity contribution in [3.05, 3.63) is 119 Å². The molecule has 6 heteroatoms. The number of nitrogens with zero attached hydrogens (tertiary/aromatic N) is 2. The Morgan fingerprint density at radius 2 is 1.54 bits per heavy atom. The van der Waals surface area contributed by atoms with Gasteiger partial charge in [0.05, 0.1) is 13.2 Å². The zero-order valence-corrected chi connectivity index (χ0v) is 22.7. The molecule has 0 radical (unpaired) electrons. The van der Waals surface area contributed by atoms with Gasteiger partial charge in [-0.05, 0) is 87.4 Å². The maximum atomic E-state index is 13.9. The highest BCUT2D eigenvalue weighted by Crippen LogP contribution is 2.43. The van der Waals surface area contributed by atoms with Crippen molar-refractivity contribution in [1.82, 2.24) is 0 Å². The van der Waals surface area contributed by atoms with Crippen LogP contribution in [0.1, 0.15) is 46.4 Å². The first-order valence-corrected chi connectivity index (χ1v) is 13.2. The maximum absolute atomic E-state index is 13.9. The highest BCUT2D eigenvalue weighted by Gasteiger charge is 2.39. The summed E-state index contributed by atoms with van der Waals surface area (Å²) in [6.45, 7) is 6.10. The summed E-state index contributed by atoms with van der Waals surface area (Å²) in [6.07, 6.45) is 0.578. The molecule has 5 rings (SSSR count). The molecule has 2 atom stereocenters. The molecule has 4 aromatic carbocycles. The molecular formula is C33H33N3O3. The Balaban J connectivity index is 1.58. The zero-order valence-electron chi connectivity index (χ0n) is 22.7. The number of urea groups is 1. The molecular weight excluding hydrogens is 486 g/mol. The van der Waals surface area contributed by atoms with E-state index >= 15 is 0 Å². The van der Waals surface area contributed by atoms with E-state index < -0.39 is 0 Å². The number of aryl methyl sites for hydroxylation is 2. The van der Waals surface area contributed by atoms with Gasteiger partial charge in [-0.3, -0.25) is 9.69 Å². The number of amides is 3. The molecule has 6 nitrogen and oxygen atoms in total. The summed E-state index contributed by atoms with van der Waals surface area (Å²) in [6, 6.07) is 30.1. The molecule has 1 aliphatic rings. The van der Waals surface area contributed by atoms with Crippen LogP contribution in [0.3, 0.4) is 0 Å². The molecule has 0 aliphatic carbocycles. The van der Waals surface area contributed by atoms with E-state index in [-0.39, 0.29) is 24.0 Å². The van der Waals surface area contributed by atoms with E-state index in [1.165, 1.54) is 0 Å². The summed E-state index contributed by atoms with van der Waals surface area (Å²) in [7, 11) is 1.61. The van der Waals surface area contributed by atoms with Crippen LogP contribution in [-0.4, -0.2) is 25.1 Å². The van der Waals surface area contributed by atoms with Crippen LogP contribution in [0.15, 0.2) is 97.1 Å². The fourth-order valence-corrected chi connectivity index (χ4v) is 5.23. The molecule has 1 aliphatic heterocycles. The highest BCUT2D eigenvalue weighted by atomic mass is 16.5. The van der Waals surface area contributed by atoms with Gasteiger partial charge in [-0.25, -0.2) is 4.79 Å². The second-order valence-electron chi connectivity index (χ2n) is 10.1. The summed E-state index contributed by atoms with van der Waals surface area (Å²) in [5.41, 5.74) is 6.06. The number of fused-ring (bicyclic) bond motifs is 1. The van der Waals surface area contributed by atoms with Gasteiger partial charge in [-0.1, -0.05) is 53.6 Å². The minimum absolute atomic E-state index is 0.0793. The third kappa shape index (κ3) is 5.36. The van der Waals surface area contributed by atoms with Crippen LogP contribution >= 0.6 is 0 Å². The molecule has 4 aromatic rings. The molecule has 0 fully saturated rings. The van der Waals surface area contributed by atoms with Crippen LogP contribution in [0.2, 0.25) is 0 Å². The minimum atomic E-state index is -0.277. The average Bonchev–Trinajstić information content (AvgIpc) is 2.95. The van der Waals surface area contributed by atoms with E-state index in [2.05, 4.69) is 11.4 Å². The van der Waals surface area contributed by atoms with Gasteiger partial charge in [0.25, 0.3) is 5.91 Å². The lowest BCUT2D eigenvalue weighted by molar-refractivity contribution is 0.0973. The summed E-state index contributed by atoms with van der Waals surface area (Å²) >= 11 is 0. The predicted octanol–water partition coefficient (Wildman–Crippen LogP) is 7.53. The van der Waals surface area contributed by atoms with Gasteiger partial charge in [0.1, 0.15) is 5.75 Å². The van der Waals surface area contributed by atoms with Gasteiger partial charge in [-0.2, -0.15) is 0 Å². The lowest BCUT2D eigenvalue weighted by Crippen LogP contribution is -2.48. The number of carbonyl (C=O) groups is 2. The molecule has 3 amide bonds. The second kappa shape index (κ2) is 11.0. The highest BCUT2D eigenvalue weighted by molar-refractivity contribution is 6.08. The fraction of sp³-hybridized carbons (Fsp3) is 0.212. The molecule has 0 unspecified atom stereocenters. The van der Waals surface area contributed by atoms with Crippen molar-refractivity contribution < 1.29 is 14.3 Å². The SMILES string of the molecule is COc1ccc(C(=O)N2c3ccc(C)cc3[C@@H](N(C(=O)Nc3ccccc3)c3ccc(C)cc3)C[C@@H]2C)cc1. The Labute approximate surface area is 229 Å². The van der Waals surface area contributed by atoms with Gasteiger partial charge in [0.2, 0.25) is 0 Å². The fourth-order valence-electron chi connectivity index (χ4n) is 5.23. The lowest BCUT2D eigenvalue weighted by atomic mass is 9.88. The van der Waals surface area contributed by atoms with Crippen LogP contribution in [0.25, 0.3) is 0 Å². The van der Waals surface area contributed by atoms with E-state index in [1.807, 2.05) is 97.3 Å². The van der Waals surface area contributed by atoms with E-state index in [9.17, 15) is 9.59 Å².